The quantitative estimate of drug-likeness (QED) is 0.172. The van der Waals surface area contributed by atoms with Crippen LogP contribution in [0.4, 0.5) is 0 Å². The van der Waals surface area contributed by atoms with Gasteiger partial charge in [-0.2, -0.15) is 0 Å². The van der Waals surface area contributed by atoms with Gasteiger partial charge in [0, 0.05) is 0 Å². The third-order valence-corrected chi connectivity index (χ3v) is 12.3. The molecule has 0 N–H and O–H groups in total. The van der Waals surface area contributed by atoms with Crippen molar-refractivity contribution >= 4 is 76.9 Å². The van der Waals surface area contributed by atoms with E-state index in [0.717, 1.165) is 38.2 Å². The molecule has 0 saturated heterocycles. The Morgan fingerprint density at radius 1 is 0.417 bits per heavy atom. The second-order valence-corrected chi connectivity index (χ2v) is 15.2. The Kier molecular flexibility index (Phi) is 6.34. The first kappa shape index (κ1) is 27.6. The minimum absolute atomic E-state index is 0.205. The maximum atomic E-state index is 5.25. The molecule has 0 bridgehead atoms. The molecular weight excluding hydrogens is 672 g/mol. The van der Waals surface area contributed by atoms with Gasteiger partial charge in [0.25, 0.3) is 0 Å². The Bertz CT molecular complexity index is 2840. The van der Waals surface area contributed by atoms with E-state index in [1.165, 1.54) is 40.2 Å². The topological polar surface area (TPSA) is 51.6 Å². The van der Waals surface area contributed by atoms with Gasteiger partial charge in [-0.3, -0.25) is 0 Å². The van der Waals surface area contributed by atoms with Gasteiger partial charge in [-0.25, -0.2) is 0 Å². The molecule has 6 heteroatoms. The van der Waals surface area contributed by atoms with Crippen LogP contribution in [-0.2, 0) is 0 Å². The average Bonchev–Trinajstić information content (AvgIpc) is 3.77. The predicted molar refractivity (Wildman–Crippen MR) is 202 cm³/mol. The summed E-state index contributed by atoms with van der Waals surface area (Å²) in [5, 5.41) is 8.39. The van der Waals surface area contributed by atoms with Crippen molar-refractivity contribution in [2.75, 3.05) is 0 Å². The zero-order chi connectivity index (χ0) is 31.6. The maximum absolute atomic E-state index is 5.25. The van der Waals surface area contributed by atoms with Gasteiger partial charge in [0.1, 0.15) is 0 Å². The molecule has 0 atom stereocenters. The Balaban J connectivity index is 1.20. The van der Waals surface area contributed by atoms with Crippen molar-refractivity contribution in [3.05, 3.63) is 146 Å². The molecule has 0 amide bonds. The van der Waals surface area contributed by atoms with Crippen molar-refractivity contribution in [2.45, 2.75) is 0 Å². The fourth-order valence-electron chi connectivity index (χ4n) is 6.59. The van der Waals surface area contributed by atoms with E-state index in [2.05, 4.69) is 127 Å². The van der Waals surface area contributed by atoms with Crippen LogP contribution >= 0.6 is 11.3 Å². The van der Waals surface area contributed by atoms with Crippen LogP contribution < -0.4 is 0 Å². The monoisotopic (exact) mass is 696 g/mol. The van der Waals surface area contributed by atoms with Crippen LogP contribution in [0.5, 0.6) is 0 Å². The standard InChI is InChI=1S/C42H24N4SSe/c1-3-10-27(11-4-1)39-44-40(30-17-15-25-9-7-8-14-29(25)23-30)46-41(45-39)31-18-16-26-19-21-34-36(32(26)24-31)37-35(48-34)22-20-33-38(37)43-42(47-33)28-12-5-2-6-13-28/h1-24H. The fourth-order valence-corrected chi connectivity index (χ4v) is 9.92. The molecule has 0 spiro atoms. The minimum atomic E-state index is 0.205. The van der Waals surface area contributed by atoms with E-state index in [1.54, 1.807) is 11.3 Å². The van der Waals surface area contributed by atoms with Crippen molar-refractivity contribution < 1.29 is 0 Å². The fraction of sp³-hybridized carbons (Fsp3) is 0. The normalized spacial score (nSPS) is 11.8. The predicted octanol–water partition coefficient (Wildman–Crippen LogP) is 10.8. The average molecular weight is 696 g/mol. The summed E-state index contributed by atoms with van der Waals surface area (Å²) >= 11 is 1.97. The van der Waals surface area contributed by atoms with Crippen molar-refractivity contribution in [1.29, 1.82) is 0 Å². The third kappa shape index (κ3) is 4.57. The summed E-state index contributed by atoms with van der Waals surface area (Å²) in [4.78, 5) is 20.4. The van der Waals surface area contributed by atoms with Crippen LogP contribution in [0.3, 0.4) is 0 Å². The Hall–Kier alpha value is -5.52. The molecule has 0 fully saturated rings. The summed E-state index contributed by atoms with van der Waals surface area (Å²) in [6, 6.07) is 51.2. The van der Waals surface area contributed by atoms with Crippen LogP contribution in [0.25, 0.3) is 95.8 Å². The molecule has 224 valence electrons. The Morgan fingerprint density at radius 3 is 1.77 bits per heavy atom. The van der Waals surface area contributed by atoms with Crippen molar-refractivity contribution in [1.82, 2.24) is 19.9 Å². The first-order valence-corrected chi connectivity index (χ1v) is 18.3. The van der Waals surface area contributed by atoms with Crippen molar-refractivity contribution in [3.8, 4) is 44.7 Å². The molecule has 0 aliphatic heterocycles. The van der Waals surface area contributed by atoms with Gasteiger partial charge in [-0.05, 0) is 0 Å². The first-order valence-electron chi connectivity index (χ1n) is 15.8. The zero-order valence-electron chi connectivity index (χ0n) is 25.5. The van der Waals surface area contributed by atoms with Gasteiger partial charge in [0.15, 0.2) is 0 Å². The SMILES string of the molecule is c1ccc(-c2nc(-c3ccc4ccccc4c3)nc(-c3ccc4ccc5[se]c6ccc7sc(-c8ccccc8)nc7c6c5c4c3)n2)cc1. The van der Waals surface area contributed by atoms with Crippen LogP contribution in [0.1, 0.15) is 0 Å². The van der Waals surface area contributed by atoms with Gasteiger partial charge >= 0.3 is 269 Å². The number of hydrogen-bond donors (Lipinski definition) is 0. The molecule has 3 aromatic heterocycles. The summed E-state index contributed by atoms with van der Waals surface area (Å²) in [7, 11) is 0. The van der Waals surface area contributed by atoms with Crippen LogP contribution in [0.15, 0.2) is 146 Å². The molecule has 0 aliphatic rings. The summed E-state index contributed by atoms with van der Waals surface area (Å²) in [5.74, 6) is 1.98. The second kappa shape index (κ2) is 11.0. The molecule has 0 aliphatic carbocycles. The van der Waals surface area contributed by atoms with Crippen molar-refractivity contribution in [3.63, 3.8) is 0 Å². The van der Waals surface area contributed by atoms with E-state index >= 15 is 0 Å². The van der Waals surface area contributed by atoms with E-state index in [-0.39, 0.29) is 14.5 Å². The van der Waals surface area contributed by atoms with Crippen LogP contribution in [0.2, 0.25) is 0 Å². The van der Waals surface area contributed by atoms with Crippen LogP contribution in [-0.4, -0.2) is 34.4 Å². The summed E-state index contributed by atoms with van der Waals surface area (Å²) in [6.07, 6.45) is 0. The molecule has 10 rings (SSSR count). The molecule has 7 aromatic carbocycles. The van der Waals surface area contributed by atoms with Gasteiger partial charge < -0.3 is 0 Å². The first-order chi connectivity index (χ1) is 23.7. The number of nitrogens with zero attached hydrogens (tertiary/aromatic N) is 4. The molecule has 0 unspecified atom stereocenters. The molecule has 48 heavy (non-hydrogen) atoms. The molecule has 4 nitrogen and oxygen atoms in total. The molecule has 3 heterocycles. The summed E-state index contributed by atoms with van der Waals surface area (Å²) < 4.78 is 3.99. The van der Waals surface area contributed by atoms with Crippen molar-refractivity contribution in [2.24, 2.45) is 0 Å². The van der Waals surface area contributed by atoms with E-state index in [4.69, 9.17) is 19.9 Å². The number of aromatic nitrogens is 4. The molecule has 10 aromatic rings. The molecular formula is C42H24N4SSe. The molecule has 0 radical (unpaired) electrons. The summed E-state index contributed by atoms with van der Waals surface area (Å²) in [5.41, 5.74) is 5.14. The number of hydrogen-bond acceptors (Lipinski definition) is 5. The van der Waals surface area contributed by atoms with Gasteiger partial charge in [0.05, 0.1) is 0 Å². The number of fused-ring (bicyclic) bond motifs is 8. The number of rotatable bonds is 4. The molecule has 0 saturated carbocycles. The number of thiazole rings is 1. The second-order valence-electron chi connectivity index (χ2n) is 11.9. The van der Waals surface area contributed by atoms with E-state index in [0.29, 0.717) is 17.5 Å². The van der Waals surface area contributed by atoms with E-state index in [9.17, 15) is 0 Å². The van der Waals surface area contributed by atoms with Gasteiger partial charge in [0.2, 0.25) is 0 Å². The Morgan fingerprint density at radius 2 is 1.00 bits per heavy atom. The van der Waals surface area contributed by atoms with Gasteiger partial charge in [-0.15, -0.1) is 0 Å². The zero-order valence-corrected chi connectivity index (χ0v) is 28.0. The van der Waals surface area contributed by atoms with E-state index < -0.39 is 0 Å². The van der Waals surface area contributed by atoms with Crippen LogP contribution in [0, 0.1) is 0 Å². The van der Waals surface area contributed by atoms with Gasteiger partial charge in [-0.1, -0.05) is 18.2 Å². The third-order valence-electron chi connectivity index (χ3n) is 8.93. The Labute approximate surface area is 285 Å². The number of benzene rings is 7. The summed E-state index contributed by atoms with van der Waals surface area (Å²) in [6.45, 7) is 0. The van der Waals surface area contributed by atoms with E-state index in [1.807, 2.05) is 18.2 Å².